The van der Waals surface area contributed by atoms with Crippen molar-refractivity contribution in [2.75, 3.05) is 18.5 Å². The predicted molar refractivity (Wildman–Crippen MR) is 53.9 cm³/mol. The number of hydrogen-bond donors (Lipinski definition) is 0. The van der Waals surface area contributed by atoms with Crippen molar-refractivity contribution in [1.29, 1.82) is 0 Å². The van der Waals surface area contributed by atoms with Gasteiger partial charge in [-0.1, -0.05) is 11.6 Å². The topological polar surface area (TPSA) is 0 Å². The average molecular weight is 217 g/mol. The Hall–Kier alpha value is 1.01. The van der Waals surface area contributed by atoms with E-state index in [1.54, 1.807) is 0 Å². The Morgan fingerprint density at radius 3 is 1.36 bits per heavy atom. The highest BCUT2D eigenvalue weighted by Gasteiger charge is 2.36. The summed E-state index contributed by atoms with van der Waals surface area (Å²) in [6, 6.07) is 0. The van der Waals surface area contributed by atoms with E-state index in [0.717, 1.165) is 0 Å². The van der Waals surface area contributed by atoms with Crippen molar-refractivity contribution in [2.24, 2.45) is 0 Å². The molecule has 0 fully saturated rings. The zero-order chi connectivity index (χ0) is 8.20. The molecule has 0 amide bonds. The lowest BCUT2D eigenvalue weighted by molar-refractivity contribution is -0.00000231. The van der Waals surface area contributed by atoms with Crippen molar-refractivity contribution < 1.29 is 12.4 Å². The van der Waals surface area contributed by atoms with Crippen LogP contribution in [0.2, 0.25) is 0 Å². The third-order valence-corrected chi connectivity index (χ3v) is 9.17. The molecule has 0 bridgehead atoms. The minimum atomic E-state index is -0.745. The summed E-state index contributed by atoms with van der Waals surface area (Å²) in [6.45, 7) is 8.99. The first kappa shape index (κ1) is 14.5. The summed E-state index contributed by atoms with van der Waals surface area (Å²) in [5.74, 6) is 0. The molecular formula is C8H19Cl2P. The molecule has 0 heterocycles. The fraction of sp³-hybridized carbons (Fsp3) is 1.00. The van der Waals surface area contributed by atoms with E-state index in [4.69, 9.17) is 11.6 Å². The molecule has 0 aromatic heterocycles. The molecule has 0 saturated carbocycles. The number of halogens is 2. The zero-order valence-electron chi connectivity index (χ0n) is 7.90. The Morgan fingerprint density at radius 2 is 1.36 bits per heavy atom. The summed E-state index contributed by atoms with van der Waals surface area (Å²) >= 11 is 6.15. The largest absolute Gasteiger partial charge is 1.00 e. The van der Waals surface area contributed by atoms with E-state index in [9.17, 15) is 0 Å². The summed E-state index contributed by atoms with van der Waals surface area (Å²) in [6.07, 6.45) is 3.93. The molecule has 0 rings (SSSR count). The zero-order valence-corrected chi connectivity index (χ0v) is 10.3. The van der Waals surface area contributed by atoms with E-state index in [2.05, 4.69) is 27.7 Å². The molecule has 11 heavy (non-hydrogen) atoms. The fourth-order valence-corrected chi connectivity index (χ4v) is 5.52. The summed E-state index contributed by atoms with van der Waals surface area (Å²) in [4.78, 5) is 0. The van der Waals surface area contributed by atoms with E-state index in [1.807, 2.05) is 0 Å². The number of hydrogen-bond acceptors (Lipinski definition) is 0. The molecule has 0 spiro atoms. The molecule has 0 aromatic carbocycles. The SMILES string of the molecule is CC[P+](CC)(CC)C(C)Cl.[Cl-]. The molecule has 0 radical (unpaired) electrons. The van der Waals surface area contributed by atoms with Crippen LogP contribution < -0.4 is 12.4 Å². The van der Waals surface area contributed by atoms with Crippen LogP contribution in [0.25, 0.3) is 0 Å². The van der Waals surface area contributed by atoms with Crippen molar-refractivity contribution in [1.82, 2.24) is 0 Å². The van der Waals surface area contributed by atoms with Gasteiger partial charge < -0.3 is 12.4 Å². The molecule has 3 heteroatoms. The van der Waals surface area contributed by atoms with E-state index in [1.165, 1.54) is 18.5 Å². The second-order valence-electron chi connectivity index (χ2n) is 2.74. The second-order valence-corrected chi connectivity index (χ2v) is 8.81. The van der Waals surface area contributed by atoms with Gasteiger partial charge in [-0.3, -0.25) is 0 Å². The Labute approximate surface area is 82.8 Å². The summed E-state index contributed by atoms with van der Waals surface area (Å²) in [5.41, 5.74) is 0. The van der Waals surface area contributed by atoms with Gasteiger partial charge in [-0.05, 0) is 27.7 Å². The maximum Gasteiger partial charge on any atom is 0.139 e. The molecular weight excluding hydrogens is 198 g/mol. The van der Waals surface area contributed by atoms with Gasteiger partial charge in [-0.15, -0.1) is 0 Å². The third kappa shape index (κ3) is 3.49. The van der Waals surface area contributed by atoms with Gasteiger partial charge in [-0.25, -0.2) is 0 Å². The number of alkyl halides is 1. The highest BCUT2D eigenvalue weighted by atomic mass is 35.5. The van der Waals surface area contributed by atoms with Crippen LogP contribution in [0.15, 0.2) is 0 Å². The number of rotatable bonds is 4. The Morgan fingerprint density at radius 1 is 1.09 bits per heavy atom. The lowest BCUT2D eigenvalue weighted by atomic mass is 10.9. The van der Waals surface area contributed by atoms with Crippen LogP contribution in [0.5, 0.6) is 0 Å². The van der Waals surface area contributed by atoms with Gasteiger partial charge in [0.2, 0.25) is 0 Å². The molecule has 1 unspecified atom stereocenters. The minimum Gasteiger partial charge on any atom is -1.00 e. The van der Waals surface area contributed by atoms with E-state index >= 15 is 0 Å². The highest BCUT2D eigenvalue weighted by molar-refractivity contribution is 7.77. The first-order chi connectivity index (χ1) is 4.63. The Balaban J connectivity index is 0. The van der Waals surface area contributed by atoms with Crippen LogP contribution >= 0.6 is 18.9 Å². The van der Waals surface area contributed by atoms with Crippen LogP contribution in [-0.4, -0.2) is 23.6 Å². The van der Waals surface area contributed by atoms with Crippen molar-refractivity contribution >= 4 is 18.9 Å². The monoisotopic (exact) mass is 216 g/mol. The molecule has 0 aliphatic heterocycles. The highest BCUT2D eigenvalue weighted by Crippen LogP contribution is 2.63. The van der Waals surface area contributed by atoms with Gasteiger partial charge in [0.15, 0.2) is 0 Å². The van der Waals surface area contributed by atoms with E-state index in [0.29, 0.717) is 5.12 Å². The summed E-state index contributed by atoms with van der Waals surface area (Å²) in [7, 11) is -0.745. The van der Waals surface area contributed by atoms with E-state index < -0.39 is 7.26 Å². The molecule has 1 atom stereocenters. The van der Waals surface area contributed by atoms with Gasteiger partial charge in [0.1, 0.15) is 5.12 Å². The second kappa shape index (κ2) is 6.52. The van der Waals surface area contributed by atoms with Gasteiger partial charge in [0.05, 0.1) is 18.5 Å². The van der Waals surface area contributed by atoms with Crippen molar-refractivity contribution in [2.45, 2.75) is 32.8 Å². The standard InChI is InChI=1S/C8H19ClP.ClH/c1-5-10(6-2,7-3)8(4)9;/h8H,5-7H2,1-4H3;1H/q+1;/p-1. The van der Waals surface area contributed by atoms with Crippen molar-refractivity contribution in [3.05, 3.63) is 0 Å². The molecule has 0 nitrogen and oxygen atoms in total. The normalized spacial score (nSPS) is 13.9. The maximum atomic E-state index is 6.15. The van der Waals surface area contributed by atoms with E-state index in [-0.39, 0.29) is 12.4 Å². The fourth-order valence-electron chi connectivity index (χ4n) is 1.43. The first-order valence-corrected chi connectivity index (χ1v) is 6.97. The molecule has 0 aliphatic carbocycles. The van der Waals surface area contributed by atoms with Crippen LogP contribution in [0.3, 0.4) is 0 Å². The third-order valence-electron chi connectivity index (χ3n) is 2.64. The summed E-state index contributed by atoms with van der Waals surface area (Å²) < 4.78 is 0. The summed E-state index contributed by atoms with van der Waals surface area (Å²) in [5, 5.41) is 0.424. The molecule has 0 saturated heterocycles. The van der Waals surface area contributed by atoms with Gasteiger partial charge in [-0.2, -0.15) is 0 Å². The quantitative estimate of drug-likeness (QED) is 0.479. The molecule has 0 aromatic rings. The predicted octanol–water partition coefficient (Wildman–Crippen LogP) is 0.652. The Kier molecular flexibility index (Phi) is 8.61. The van der Waals surface area contributed by atoms with Crippen molar-refractivity contribution in [3.63, 3.8) is 0 Å². The minimum absolute atomic E-state index is 0. The first-order valence-electron chi connectivity index (χ1n) is 4.12. The van der Waals surface area contributed by atoms with Gasteiger partial charge in [0, 0.05) is 7.26 Å². The maximum absolute atomic E-state index is 6.15. The van der Waals surface area contributed by atoms with Gasteiger partial charge in [0.25, 0.3) is 0 Å². The average Bonchev–Trinajstić information content (AvgIpc) is 1.92. The molecule has 0 N–H and O–H groups in total. The van der Waals surface area contributed by atoms with Crippen LogP contribution in [0, 0.1) is 0 Å². The molecule has 70 valence electrons. The lowest BCUT2D eigenvalue weighted by Crippen LogP contribution is -3.00. The van der Waals surface area contributed by atoms with Crippen molar-refractivity contribution in [3.8, 4) is 0 Å². The lowest BCUT2D eigenvalue weighted by Gasteiger charge is -2.25. The smallest absolute Gasteiger partial charge is 0.139 e. The van der Waals surface area contributed by atoms with Gasteiger partial charge >= 0.3 is 0 Å². The van der Waals surface area contributed by atoms with Crippen LogP contribution in [0.4, 0.5) is 0 Å². The Bertz CT molecular complexity index is 81.8. The van der Waals surface area contributed by atoms with Crippen LogP contribution in [-0.2, 0) is 0 Å². The van der Waals surface area contributed by atoms with Crippen LogP contribution in [0.1, 0.15) is 27.7 Å². The molecule has 0 aliphatic rings.